The molecule has 0 aromatic heterocycles. The Morgan fingerprint density at radius 1 is 1.16 bits per heavy atom. The molecule has 2 heterocycles. The Balaban J connectivity index is 1.57. The number of benzene rings is 2. The molecule has 0 radical (unpaired) electrons. The van der Waals surface area contributed by atoms with Crippen molar-refractivity contribution in [3.05, 3.63) is 53.6 Å². The van der Waals surface area contributed by atoms with Gasteiger partial charge in [0.15, 0.2) is 0 Å². The third-order valence-electron chi connectivity index (χ3n) is 5.36. The highest BCUT2D eigenvalue weighted by Gasteiger charge is 2.30. The second kappa shape index (κ2) is 6.43. The number of para-hydroxylation sites is 1. The molecule has 0 bridgehead atoms. The number of carbonyl (C=O) groups excluding carboxylic acids is 1. The number of nitrogens with zero attached hydrogens (tertiary/aromatic N) is 2. The van der Waals surface area contributed by atoms with E-state index in [-0.39, 0.29) is 5.91 Å². The van der Waals surface area contributed by atoms with Crippen molar-refractivity contribution >= 4 is 17.3 Å². The summed E-state index contributed by atoms with van der Waals surface area (Å²) >= 11 is 0. The molecule has 130 valence electrons. The monoisotopic (exact) mass is 336 g/mol. The van der Waals surface area contributed by atoms with Gasteiger partial charge in [-0.1, -0.05) is 18.2 Å². The van der Waals surface area contributed by atoms with Crippen molar-refractivity contribution in [1.82, 2.24) is 0 Å². The number of rotatable bonds is 3. The maximum atomic E-state index is 13.1. The topological polar surface area (TPSA) is 32.8 Å². The van der Waals surface area contributed by atoms with Gasteiger partial charge in [-0.3, -0.25) is 4.79 Å². The fourth-order valence-corrected chi connectivity index (χ4v) is 4.06. The van der Waals surface area contributed by atoms with E-state index in [1.54, 1.807) is 7.11 Å². The van der Waals surface area contributed by atoms with Crippen molar-refractivity contribution < 1.29 is 9.53 Å². The molecule has 25 heavy (non-hydrogen) atoms. The van der Waals surface area contributed by atoms with Gasteiger partial charge in [0.2, 0.25) is 5.91 Å². The highest BCUT2D eigenvalue weighted by molar-refractivity contribution is 5.98. The molecule has 2 aromatic carbocycles. The number of hydrogen-bond donors (Lipinski definition) is 0. The van der Waals surface area contributed by atoms with E-state index in [9.17, 15) is 4.79 Å². The first kappa shape index (κ1) is 16.0. The van der Waals surface area contributed by atoms with Gasteiger partial charge in [0.25, 0.3) is 0 Å². The number of fused-ring (bicyclic) bond motifs is 2. The van der Waals surface area contributed by atoms with Crippen LogP contribution in [0.2, 0.25) is 0 Å². The van der Waals surface area contributed by atoms with Crippen LogP contribution in [-0.2, 0) is 17.6 Å². The summed E-state index contributed by atoms with van der Waals surface area (Å²) in [4.78, 5) is 17.3. The second-order valence-electron chi connectivity index (χ2n) is 6.95. The van der Waals surface area contributed by atoms with E-state index >= 15 is 0 Å². The Morgan fingerprint density at radius 3 is 2.84 bits per heavy atom. The summed E-state index contributed by atoms with van der Waals surface area (Å²) in [5, 5.41) is 0. The Morgan fingerprint density at radius 2 is 2.00 bits per heavy atom. The zero-order valence-electron chi connectivity index (χ0n) is 14.9. The molecule has 2 aliphatic rings. The highest BCUT2D eigenvalue weighted by Crippen LogP contribution is 2.33. The van der Waals surface area contributed by atoms with Crippen LogP contribution in [0.3, 0.4) is 0 Å². The number of hydrogen-bond acceptors (Lipinski definition) is 3. The van der Waals surface area contributed by atoms with E-state index in [2.05, 4.69) is 42.2 Å². The van der Waals surface area contributed by atoms with Gasteiger partial charge in [0, 0.05) is 24.0 Å². The molecule has 0 saturated heterocycles. The molecule has 1 atom stereocenters. The second-order valence-corrected chi connectivity index (χ2v) is 6.95. The van der Waals surface area contributed by atoms with Crippen molar-refractivity contribution in [1.29, 1.82) is 0 Å². The van der Waals surface area contributed by atoms with Crippen molar-refractivity contribution in [2.45, 2.75) is 32.2 Å². The molecule has 4 nitrogen and oxygen atoms in total. The van der Waals surface area contributed by atoms with Crippen molar-refractivity contribution in [2.24, 2.45) is 0 Å². The molecule has 0 N–H and O–H groups in total. The summed E-state index contributed by atoms with van der Waals surface area (Å²) in [6.07, 6.45) is 3.01. The predicted octanol–water partition coefficient (Wildman–Crippen LogP) is 3.43. The Bertz CT molecular complexity index is 802. The van der Waals surface area contributed by atoms with E-state index in [4.69, 9.17) is 4.74 Å². The SMILES string of the molecule is COc1ccc2c(c1)CCCN2C(=O)CN1c2ccccc2C[C@@H]1C. The minimum Gasteiger partial charge on any atom is -0.497 e. The molecule has 0 aliphatic carbocycles. The average Bonchev–Trinajstić information content (AvgIpc) is 2.96. The smallest absolute Gasteiger partial charge is 0.246 e. The van der Waals surface area contributed by atoms with Crippen LogP contribution >= 0.6 is 0 Å². The maximum absolute atomic E-state index is 13.1. The summed E-state index contributed by atoms with van der Waals surface area (Å²) in [5.74, 6) is 1.03. The average molecular weight is 336 g/mol. The summed E-state index contributed by atoms with van der Waals surface area (Å²) < 4.78 is 5.33. The van der Waals surface area contributed by atoms with Gasteiger partial charge in [0.05, 0.1) is 13.7 Å². The molecular weight excluding hydrogens is 312 g/mol. The quantitative estimate of drug-likeness (QED) is 0.861. The summed E-state index contributed by atoms with van der Waals surface area (Å²) in [5.41, 5.74) is 4.79. The van der Waals surface area contributed by atoms with E-state index in [1.165, 1.54) is 16.8 Å². The van der Waals surface area contributed by atoms with Gasteiger partial charge in [-0.2, -0.15) is 0 Å². The number of methoxy groups -OCH3 is 1. The number of carbonyl (C=O) groups is 1. The van der Waals surface area contributed by atoms with E-state index in [0.717, 1.165) is 37.2 Å². The van der Waals surface area contributed by atoms with Crippen LogP contribution in [-0.4, -0.2) is 32.1 Å². The van der Waals surface area contributed by atoms with Crippen LogP contribution in [0.1, 0.15) is 24.5 Å². The van der Waals surface area contributed by atoms with Gasteiger partial charge >= 0.3 is 0 Å². The van der Waals surface area contributed by atoms with Gasteiger partial charge in [-0.15, -0.1) is 0 Å². The fraction of sp³-hybridized carbons (Fsp3) is 0.381. The molecule has 0 unspecified atom stereocenters. The summed E-state index contributed by atoms with van der Waals surface area (Å²) in [6, 6.07) is 14.8. The first-order chi connectivity index (χ1) is 12.2. The third-order valence-corrected chi connectivity index (χ3v) is 5.36. The zero-order chi connectivity index (χ0) is 17.4. The molecule has 2 aliphatic heterocycles. The van der Waals surface area contributed by atoms with Crippen molar-refractivity contribution in [3.8, 4) is 5.75 Å². The van der Waals surface area contributed by atoms with E-state index in [0.29, 0.717) is 12.6 Å². The van der Waals surface area contributed by atoms with Gasteiger partial charge in [-0.25, -0.2) is 0 Å². The third kappa shape index (κ3) is 2.86. The minimum absolute atomic E-state index is 0.176. The molecule has 4 heteroatoms. The predicted molar refractivity (Wildman–Crippen MR) is 101 cm³/mol. The van der Waals surface area contributed by atoms with Crippen LogP contribution in [0.5, 0.6) is 5.75 Å². The number of aryl methyl sites for hydroxylation is 1. The molecule has 2 aromatic rings. The lowest BCUT2D eigenvalue weighted by molar-refractivity contribution is -0.117. The van der Waals surface area contributed by atoms with E-state index < -0.39 is 0 Å². The summed E-state index contributed by atoms with van der Waals surface area (Å²) in [7, 11) is 1.68. The minimum atomic E-state index is 0.176. The molecule has 0 fully saturated rings. The Hall–Kier alpha value is -2.49. The highest BCUT2D eigenvalue weighted by atomic mass is 16.5. The molecule has 1 amide bonds. The van der Waals surface area contributed by atoms with Crippen LogP contribution in [0.4, 0.5) is 11.4 Å². The van der Waals surface area contributed by atoms with Crippen LogP contribution in [0.15, 0.2) is 42.5 Å². The van der Waals surface area contributed by atoms with Crippen LogP contribution < -0.4 is 14.5 Å². The normalized spacial score (nSPS) is 18.7. The zero-order valence-corrected chi connectivity index (χ0v) is 14.9. The first-order valence-corrected chi connectivity index (χ1v) is 8.99. The number of amides is 1. The van der Waals surface area contributed by atoms with Crippen molar-refractivity contribution in [3.63, 3.8) is 0 Å². The lowest BCUT2D eigenvalue weighted by Crippen LogP contribution is -2.44. The Kier molecular flexibility index (Phi) is 4.12. The summed E-state index contributed by atoms with van der Waals surface area (Å²) in [6.45, 7) is 3.42. The van der Waals surface area contributed by atoms with Gasteiger partial charge < -0.3 is 14.5 Å². The van der Waals surface area contributed by atoms with E-state index in [1.807, 2.05) is 17.0 Å². The first-order valence-electron chi connectivity index (χ1n) is 8.99. The fourth-order valence-electron chi connectivity index (χ4n) is 4.06. The molecule has 0 spiro atoms. The van der Waals surface area contributed by atoms with Crippen LogP contribution in [0.25, 0.3) is 0 Å². The molecule has 4 rings (SSSR count). The molecular formula is C21H24N2O2. The Labute approximate surface area is 149 Å². The van der Waals surface area contributed by atoms with Gasteiger partial charge in [-0.05, 0) is 61.6 Å². The van der Waals surface area contributed by atoms with Crippen molar-refractivity contribution in [2.75, 3.05) is 30.0 Å². The number of ether oxygens (including phenoxy) is 1. The lowest BCUT2D eigenvalue weighted by atomic mass is 10.0. The number of anilines is 2. The maximum Gasteiger partial charge on any atom is 0.246 e. The molecule has 0 saturated carbocycles. The standard InChI is InChI=1S/C21H24N2O2/c1-15-12-16-6-3-4-8-19(16)23(15)14-21(24)22-11-5-7-17-13-18(25-2)9-10-20(17)22/h3-4,6,8-10,13,15H,5,7,11-12,14H2,1-2H3/t15-/m0/s1. The largest absolute Gasteiger partial charge is 0.497 e. The lowest BCUT2D eigenvalue weighted by Gasteiger charge is -2.33. The van der Waals surface area contributed by atoms with Crippen LogP contribution in [0, 0.1) is 0 Å². The van der Waals surface area contributed by atoms with Gasteiger partial charge in [0.1, 0.15) is 5.75 Å².